The molecular formula is C12H24N2O2. The number of likely N-dealkylation sites (tertiary alicyclic amines) is 1. The highest BCUT2D eigenvalue weighted by Crippen LogP contribution is 2.28. The largest absolute Gasteiger partial charge is 0.480 e. The number of hydrogen-bond acceptors (Lipinski definition) is 3. The number of nitrogens with one attached hydrogen (secondary N) is 1. The summed E-state index contributed by atoms with van der Waals surface area (Å²) in [5, 5.41) is 12.1. The van der Waals surface area contributed by atoms with Crippen LogP contribution in [0.25, 0.3) is 0 Å². The summed E-state index contributed by atoms with van der Waals surface area (Å²) < 4.78 is 0. The van der Waals surface area contributed by atoms with Gasteiger partial charge in [0.15, 0.2) is 0 Å². The van der Waals surface area contributed by atoms with Crippen LogP contribution in [-0.2, 0) is 4.79 Å². The van der Waals surface area contributed by atoms with Gasteiger partial charge in [0.05, 0.1) is 0 Å². The number of likely N-dealkylation sites (N-methyl/N-ethyl adjacent to an activating group) is 1. The number of rotatable bonds is 5. The van der Waals surface area contributed by atoms with Crippen molar-refractivity contribution in [3.63, 3.8) is 0 Å². The molecule has 1 aliphatic heterocycles. The van der Waals surface area contributed by atoms with E-state index in [1.54, 1.807) is 14.0 Å². The molecule has 1 aliphatic rings. The Hall–Kier alpha value is -0.610. The second-order valence-corrected chi connectivity index (χ2v) is 5.54. The van der Waals surface area contributed by atoms with E-state index in [0.29, 0.717) is 6.42 Å². The van der Waals surface area contributed by atoms with E-state index in [9.17, 15) is 4.79 Å². The average molecular weight is 228 g/mol. The summed E-state index contributed by atoms with van der Waals surface area (Å²) in [6.45, 7) is 8.15. The van der Waals surface area contributed by atoms with Gasteiger partial charge in [-0.3, -0.25) is 9.69 Å². The van der Waals surface area contributed by atoms with E-state index >= 15 is 0 Å². The molecule has 0 radical (unpaired) electrons. The Labute approximate surface area is 98.0 Å². The van der Waals surface area contributed by atoms with Crippen LogP contribution in [0.15, 0.2) is 0 Å². The molecule has 1 rings (SSSR count). The molecule has 0 saturated carbocycles. The van der Waals surface area contributed by atoms with Crippen LogP contribution in [0.5, 0.6) is 0 Å². The van der Waals surface area contributed by atoms with Gasteiger partial charge in [-0.1, -0.05) is 0 Å². The first-order valence-corrected chi connectivity index (χ1v) is 5.99. The lowest BCUT2D eigenvalue weighted by atomic mass is 9.96. The van der Waals surface area contributed by atoms with E-state index in [2.05, 4.69) is 24.1 Å². The summed E-state index contributed by atoms with van der Waals surface area (Å²) in [5.41, 5.74) is -0.578. The van der Waals surface area contributed by atoms with Crippen LogP contribution in [0, 0.1) is 0 Å². The minimum Gasteiger partial charge on any atom is -0.480 e. The van der Waals surface area contributed by atoms with Gasteiger partial charge in [0, 0.05) is 12.1 Å². The van der Waals surface area contributed by atoms with Gasteiger partial charge in [0.2, 0.25) is 0 Å². The molecule has 4 nitrogen and oxygen atoms in total. The molecule has 1 fully saturated rings. The van der Waals surface area contributed by atoms with Crippen molar-refractivity contribution in [3.05, 3.63) is 0 Å². The molecule has 1 saturated heterocycles. The first-order valence-electron chi connectivity index (χ1n) is 5.99. The lowest BCUT2D eigenvalue weighted by Crippen LogP contribution is -2.51. The zero-order valence-electron chi connectivity index (χ0n) is 10.8. The molecule has 2 N–H and O–H groups in total. The van der Waals surface area contributed by atoms with E-state index in [4.69, 9.17) is 5.11 Å². The molecule has 0 aromatic heterocycles. The zero-order valence-corrected chi connectivity index (χ0v) is 10.8. The SMILES string of the molecule is CNC(C)(CCN1CCCC1(C)C)C(=O)O. The third-order valence-corrected chi connectivity index (χ3v) is 3.98. The molecule has 0 bridgehead atoms. The minimum absolute atomic E-state index is 0.229. The van der Waals surface area contributed by atoms with E-state index in [-0.39, 0.29) is 5.54 Å². The van der Waals surface area contributed by atoms with Crippen LogP contribution < -0.4 is 5.32 Å². The summed E-state index contributed by atoms with van der Waals surface area (Å²) in [6, 6.07) is 0. The van der Waals surface area contributed by atoms with Gasteiger partial charge in [0.25, 0.3) is 0 Å². The van der Waals surface area contributed by atoms with Crippen LogP contribution in [0.4, 0.5) is 0 Å². The Balaban J connectivity index is 2.53. The lowest BCUT2D eigenvalue weighted by molar-refractivity contribution is -0.144. The van der Waals surface area contributed by atoms with E-state index in [1.807, 2.05) is 0 Å². The van der Waals surface area contributed by atoms with Gasteiger partial charge < -0.3 is 10.4 Å². The summed E-state index contributed by atoms with van der Waals surface area (Å²) in [4.78, 5) is 13.5. The van der Waals surface area contributed by atoms with Crippen LogP contribution in [0.1, 0.15) is 40.0 Å². The second-order valence-electron chi connectivity index (χ2n) is 5.54. The van der Waals surface area contributed by atoms with E-state index in [0.717, 1.165) is 13.1 Å². The third kappa shape index (κ3) is 2.74. The first-order chi connectivity index (χ1) is 7.32. The fourth-order valence-corrected chi connectivity index (χ4v) is 2.28. The van der Waals surface area contributed by atoms with Crippen molar-refractivity contribution >= 4 is 5.97 Å². The van der Waals surface area contributed by atoms with Gasteiger partial charge in [-0.25, -0.2) is 0 Å². The number of aliphatic carboxylic acids is 1. The van der Waals surface area contributed by atoms with Crippen LogP contribution in [0.3, 0.4) is 0 Å². The highest BCUT2D eigenvalue weighted by Gasteiger charge is 2.36. The molecule has 0 aromatic rings. The van der Waals surface area contributed by atoms with Crippen molar-refractivity contribution in [3.8, 4) is 0 Å². The fourth-order valence-electron chi connectivity index (χ4n) is 2.28. The highest BCUT2D eigenvalue weighted by molar-refractivity contribution is 5.78. The second kappa shape index (κ2) is 4.72. The molecule has 0 amide bonds. The molecule has 1 unspecified atom stereocenters. The molecule has 0 spiro atoms. The number of carboxylic acids is 1. The fraction of sp³-hybridized carbons (Fsp3) is 0.917. The van der Waals surface area contributed by atoms with Gasteiger partial charge in [0.1, 0.15) is 5.54 Å². The maximum Gasteiger partial charge on any atom is 0.323 e. The molecule has 1 heterocycles. The van der Waals surface area contributed by atoms with Crippen LogP contribution >= 0.6 is 0 Å². The highest BCUT2D eigenvalue weighted by atomic mass is 16.4. The summed E-state index contributed by atoms with van der Waals surface area (Å²) >= 11 is 0. The Morgan fingerprint density at radius 2 is 2.19 bits per heavy atom. The Morgan fingerprint density at radius 1 is 1.56 bits per heavy atom. The van der Waals surface area contributed by atoms with Crippen molar-refractivity contribution in [1.82, 2.24) is 10.2 Å². The van der Waals surface area contributed by atoms with Crippen molar-refractivity contribution in [2.24, 2.45) is 0 Å². The Kier molecular flexibility index (Phi) is 3.97. The molecule has 1 atom stereocenters. The minimum atomic E-state index is -0.807. The molecular weight excluding hydrogens is 204 g/mol. The van der Waals surface area contributed by atoms with Gasteiger partial charge >= 0.3 is 5.97 Å². The van der Waals surface area contributed by atoms with Crippen molar-refractivity contribution in [2.75, 3.05) is 20.1 Å². The Morgan fingerprint density at radius 3 is 2.56 bits per heavy atom. The average Bonchev–Trinajstić information content (AvgIpc) is 2.54. The predicted molar refractivity (Wildman–Crippen MR) is 64.6 cm³/mol. The summed E-state index contributed by atoms with van der Waals surface area (Å²) in [5.74, 6) is -0.771. The monoisotopic (exact) mass is 228 g/mol. The number of carboxylic acid groups (broad SMARTS) is 1. The first kappa shape index (κ1) is 13.5. The quantitative estimate of drug-likeness (QED) is 0.745. The Bertz CT molecular complexity index is 266. The third-order valence-electron chi connectivity index (χ3n) is 3.98. The molecule has 94 valence electrons. The lowest BCUT2D eigenvalue weighted by Gasteiger charge is -2.34. The van der Waals surface area contributed by atoms with E-state index < -0.39 is 11.5 Å². The molecule has 16 heavy (non-hydrogen) atoms. The maximum atomic E-state index is 11.1. The maximum absolute atomic E-state index is 11.1. The van der Waals surface area contributed by atoms with Gasteiger partial charge in [-0.2, -0.15) is 0 Å². The smallest absolute Gasteiger partial charge is 0.323 e. The molecule has 4 heteroatoms. The molecule has 0 aromatic carbocycles. The van der Waals surface area contributed by atoms with Gasteiger partial charge in [-0.05, 0) is 53.6 Å². The van der Waals surface area contributed by atoms with Crippen LogP contribution in [0.2, 0.25) is 0 Å². The number of carbonyl (C=O) groups is 1. The van der Waals surface area contributed by atoms with Crippen molar-refractivity contribution in [2.45, 2.75) is 51.1 Å². The number of nitrogens with zero attached hydrogens (tertiary/aromatic N) is 1. The number of hydrogen-bond donors (Lipinski definition) is 2. The topological polar surface area (TPSA) is 52.6 Å². The van der Waals surface area contributed by atoms with Crippen molar-refractivity contribution < 1.29 is 9.90 Å². The summed E-state index contributed by atoms with van der Waals surface area (Å²) in [7, 11) is 1.71. The normalized spacial score (nSPS) is 24.2. The standard InChI is InChI=1S/C12H24N2O2/c1-11(2)6-5-8-14(11)9-7-12(3,13-4)10(15)16/h13H,5-9H2,1-4H3,(H,15,16). The zero-order chi connectivity index (χ0) is 12.4. The van der Waals surface area contributed by atoms with Gasteiger partial charge in [-0.15, -0.1) is 0 Å². The summed E-state index contributed by atoms with van der Waals surface area (Å²) in [6.07, 6.45) is 3.06. The van der Waals surface area contributed by atoms with Crippen molar-refractivity contribution in [1.29, 1.82) is 0 Å². The molecule has 0 aliphatic carbocycles. The van der Waals surface area contributed by atoms with E-state index in [1.165, 1.54) is 12.8 Å². The predicted octanol–water partition coefficient (Wildman–Crippen LogP) is 1.31. The van der Waals surface area contributed by atoms with Crippen LogP contribution in [-0.4, -0.2) is 47.2 Å².